The Morgan fingerprint density at radius 1 is 1.05 bits per heavy atom. The van der Waals surface area contributed by atoms with E-state index in [1.165, 1.54) is 17.7 Å². The van der Waals surface area contributed by atoms with Crippen LogP contribution in [0.1, 0.15) is 23.1 Å². The molecule has 0 spiro atoms. The fraction of sp³-hybridized carbons (Fsp3) is 0.250. The number of rotatable bonds is 3. The lowest BCUT2D eigenvalue weighted by molar-refractivity contribution is 0.484. The van der Waals surface area contributed by atoms with Crippen LogP contribution in [0.2, 0.25) is 0 Å². The van der Waals surface area contributed by atoms with E-state index < -0.39 is 15.9 Å². The van der Waals surface area contributed by atoms with Gasteiger partial charge in [-0.15, -0.1) is 0 Å². The van der Waals surface area contributed by atoms with Crippen LogP contribution in [0, 0.1) is 12.7 Å². The van der Waals surface area contributed by atoms with Gasteiger partial charge in [0.1, 0.15) is 16.5 Å². The molecule has 1 aliphatic carbocycles. The highest BCUT2D eigenvalue weighted by Gasteiger charge is 2.21. The summed E-state index contributed by atoms with van der Waals surface area (Å²) in [6.07, 6.45) is 3.03. The molecule has 0 saturated carbocycles. The minimum atomic E-state index is -4.02. The van der Waals surface area contributed by atoms with Crippen molar-refractivity contribution in [1.82, 2.24) is 0 Å². The number of fused-ring (bicyclic) bond motifs is 1. The van der Waals surface area contributed by atoms with Crippen LogP contribution in [0.4, 0.5) is 4.39 Å². The fourth-order valence-electron chi connectivity index (χ4n) is 2.61. The molecule has 2 aromatic carbocycles. The molecule has 0 fully saturated rings. The van der Waals surface area contributed by atoms with Crippen molar-refractivity contribution >= 4 is 10.1 Å². The van der Waals surface area contributed by atoms with Gasteiger partial charge in [0.2, 0.25) is 0 Å². The van der Waals surface area contributed by atoms with Crippen molar-refractivity contribution in [2.45, 2.75) is 31.1 Å². The highest BCUT2D eigenvalue weighted by molar-refractivity contribution is 7.87. The van der Waals surface area contributed by atoms with E-state index in [4.69, 9.17) is 4.18 Å². The minimum Gasteiger partial charge on any atom is -0.379 e. The molecule has 0 N–H and O–H groups in total. The largest absolute Gasteiger partial charge is 0.379 e. The van der Waals surface area contributed by atoms with Crippen molar-refractivity contribution in [3.63, 3.8) is 0 Å². The molecule has 0 saturated heterocycles. The molecule has 3 rings (SSSR count). The zero-order valence-corrected chi connectivity index (χ0v) is 12.4. The van der Waals surface area contributed by atoms with Gasteiger partial charge in [0.25, 0.3) is 0 Å². The van der Waals surface area contributed by atoms with Gasteiger partial charge in [-0.2, -0.15) is 8.42 Å². The third-order valence-corrected chi connectivity index (χ3v) is 5.09. The van der Waals surface area contributed by atoms with Crippen LogP contribution >= 0.6 is 0 Å². The predicted octanol–water partition coefficient (Wildman–Crippen LogP) is 3.39. The fourth-order valence-corrected chi connectivity index (χ4v) is 3.78. The van der Waals surface area contributed by atoms with Gasteiger partial charge in [-0.3, -0.25) is 0 Å². The highest BCUT2D eigenvalue weighted by Crippen LogP contribution is 2.28. The highest BCUT2D eigenvalue weighted by atomic mass is 32.2. The Labute approximate surface area is 123 Å². The Hall–Kier alpha value is -1.88. The third-order valence-electron chi connectivity index (χ3n) is 3.70. The number of benzene rings is 2. The van der Waals surface area contributed by atoms with Gasteiger partial charge in [-0.05, 0) is 67.1 Å². The summed E-state index contributed by atoms with van der Waals surface area (Å²) in [5, 5.41) is 0. The molecule has 0 aliphatic heterocycles. The number of hydrogen-bond donors (Lipinski definition) is 0. The zero-order valence-electron chi connectivity index (χ0n) is 11.6. The van der Waals surface area contributed by atoms with E-state index in [0.29, 0.717) is 5.56 Å². The van der Waals surface area contributed by atoms with Crippen LogP contribution in [0.3, 0.4) is 0 Å². The minimum absolute atomic E-state index is 0.136. The first-order chi connectivity index (χ1) is 9.95. The molecule has 0 unspecified atom stereocenters. The zero-order chi connectivity index (χ0) is 15.0. The Balaban J connectivity index is 1.94. The molecule has 0 amide bonds. The first-order valence-electron chi connectivity index (χ1n) is 6.78. The second-order valence-electron chi connectivity index (χ2n) is 5.23. The van der Waals surface area contributed by atoms with Crippen LogP contribution in [0.25, 0.3) is 0 Å². The molecule has 0 bridgehead atoms. The van der Waals surface area contributed by atoms with Crippen LogP contribution in [0.15, 0.2) is 41.3 Å². The monoisotopic (exact) mass is 306 g/mol. The van der Waals surface area contributed by atoms with Crippen molar-refractivity contribution in [1.29, 1.82) is 0 Å². The van der Waals surface area contributed by atoms with E-state index in [-0.39, 0.29) is 10.6 Å². The number of aryl methyl sites for hydroxylation is 3. The summed E-state index contributed by atoms with van der Waals surface area (Å²) in [6.45, 7) is 1.61. The van der Waals surface area contributed by atoms with E-state index in [9.17, 15) is 12.8 Å². The predicted molar refractivity (Wildman–Crippen MR) is 77.4 cm³/mol. The molecule has 110 valence electrons. The van der Waals surface area contributed by atoms with Gasteiger partial charge < -0.3 is 4.18 Å². The Kier molecular flexibility index (Phi) is 3.45. The number of hydrogen-bond acceptors (Lipinski definition) is 3. The Morgan fingerprint density at radius 3 is 2.62 bits per heavy atom. The molecule has 0 atom stereocenters. The summed E-state index contributed by atoms with van der Waals surface area (Å²) in [7, 11) is -4.02. The van der Waals surface area contributed by atoms with Crippen LogP contribution < -0.4 is 4.18 Å². The first kappa shape index (κ1) is 14.1. The Bertz CT molecular complexity index is 797. The summed E-state index contributed by atoms with van der Waals surface area (Å²) in [4.78, 5) is -0.136. The van der Waals surface area contributed by atoms with Gasteiger partial charge in [0.05, 0.1) is 0 Å². The average Bonchev–Trinajstić information content (AvgIpc) is 2.88. The van der Waals surface area contributed by atoms with E-state index in [0.717, 1.165) is 30.9 Å². The van der Waals surface area contributed by atoms with E-state index in [2.05, 4.69) is 0 Å². The van der Waals surface area contributed by atoms with Crippen molar-refractivity contribution in [2.24, 2.45) is 0 Å². The molecule has 21 heavy (non-hydrogen) atoms. The molecule has 0 aromatic heterocycles. The van der Waals surface area contributed by atoms with Crippen LogP contribution in [0.5, 0.6) is 5.75 Å². The van der Waals surface area contributed by atoms with E-state index in [1.807, 2.05) is 6.07 Å². The molecular formula is C16H15FO3S. The van der Waals surface area contributed by atoms with Crippen molar-refractivity contribution < 1.29 is 17.0 Å². The lowest BCUT2D eigenvalue weighted by atomic mass is 10.1. The number of halogens is 1. The Morgan fingerprint density at radius 2 is 1.81 bits per heavy atom. The standard InChI is InChI=1S/C16H15FO3S/c1-11-5-7-14(17)10-16(11)21(18,19)20-15-8-6-12-3-2-4-13(12)9-15/h5-10H,2-4H2,1H3. The summed E-state index contributed by atoms with van der Waals surface area (Å²) in [5.41, 5.74) is 2.82. The van der Waals surface area contributed by atoms with Crippen LogP contribution in [-0.4, -0.2) is 8.42 Å². The maximum absolute atomic E-state index is 13.3. The lowest BCUT2D eigenvalue weighted by Crippen LogP contribution is -2.11. The van der Waals surface area contributed by atoms with Crippen molar-refractivity contribution in [2.75, 3.05) is 0 Å². The lowest BCUT2D eigenvalue weighted by Gasteiger charge is -2.10. The normalized spacial score (nSPS) is 14.0. The maximum Gasteiger partial charge on any atom is 0.339 e. The molecule has 3 nitrogen and oxygen atoms in total. The summed E-state index contributed by atoms with van der Waals surface area (Å²) < 4.78 is 43.0. The first-order valence-corrected chi connectivity index (χ1v) is 8.19. The smallest absolute Gasteiger partial charge is 0.339 e. The second-order valence-corrected chi connectivity index (χ2v) is 6.75. The molecular weight excluding hydrogens is 291 g/mol. The molecule has 5 heteroatoms. The van der Waals surface area contributed by atoms with Crippen molar-refractivity contribution in [3.05, 3.63) is 58.9 Å². The van der Waals surface area contributed by atoms with Gasteiger partial charge in [-0.1, -0.05) is 12.1 Å². The molecule has 1 aliphatic rings. The summed E-state index contributed by atoms with van der Waals surface area (Å²) in [5.74, 6) is -0.323. The molecule has 0 heterocycles. The van der Waals surface area contributed by atoms with Gasteiger partial charge >= 0.3 is 10.1 Å². The van der Waals surface area contributed by atoms with E-state index in [1.54, 1.807) is 19.1 Å². The molecule has 0 radical (unpaired) electrons. The average molecular weight is 306 g/mol. The van der Waals surface area contributed by atoms with Gasteiger partial charge in [0, 0.05) is 0 Å². The van der Waals surface area contributed by atoms with E-state index >= 15 is 0 Å². The second kappa shape index (κ2) is 5.15. The van der Waals surface area contributed by atoms with Gasteiger partial charge in [-0.25, -0.2) is 4.39 Å². The summed E-state index contributed by atoms with van der Waals surface area (Å²) in [6, 6.07) is 8.94. The van der Waals surface area contributed by atoms with Crippen LogP contribution in [-0.2, 0) is 23.0 Å². The maximum atomic E-state index is 13.3. The van der Waals surface area contributed by atoms with Crippen molar-refractivity contribution in [3.8, 4) is 5.75 Å². The topological polar surface area (TPSA) is 43.4 Å². The van der Waals surface area contributed by atoms with Gasteiger partial charge in [0.15, 0.2) is 0 Å². The quantitative estimate of drug-likeness (QED) is 0.816. The third kappa shape index (κ3) is 2.78. The molecule has 2 aromatic rings. The SMILES string of the molecule is Cc1ccc(F)cc1S(=O)(=O)Oc1ccc2c(c1)CCC2. The summed E-state index contributed by atoms with van der Waals surface area (Å²) >= 11 is 0.